The van der Waals surface area contributed by atoms with Crippen LogP contribution in [0.4, 0.5) is 0 Å². The molecule has 3 fully saturated rings. The molecule has 19 heavy (non-hydrogen) atoms. The number of hydrogen-bond acceptors (Lipinski definition) is 3. The molecule has 0 bridgehead atoms. The SMILES string of the molecule is O=C1CCC(C(=O)N(CC2CCCN2)C2CC2)CN1. The average molecular weight is 265 g/mol. The van der Waals surface area contributed by atoms with E-state index in [-0.39, 0.29) is 17.7 Å². The molecule has 0 aromatic heterocycles. The summed E-state index contributed by atoms with van der Waals surface area (Å²) in [5, 5.41) is 6.29. The van der Waals surface area contributed by atoms with Gasteiger partial charge in [-0.3, -0.25) is 9.59 Å². The molecule has 2 heterocycles. The number of nitrogens with zero attached hydrogens (tertiary/aromatic N) is 1. The van der Waals surface area contributed by atoms with E-state index in [9.17, 15) is 9.59 Å². The number of amides is 2. The lowest BCUT2D eigenvalue weighted by molar-refractivity contribution is -0.138. The van der Waals surface area contributed by atoms with Gasteiger partial charge in [0.25, 0.3) is 0 Å². The molecule has 2 amide bonds. The van der Waals surface area contributed by atoms with Gasteiger partial charge in [0.15, 0.2) is 0 Å². The Balaban J connectivity index is 1.59. The number of carbonyl (C=O) groups is 2. The van der Waals surface area contributed by atoms with E-state index in [0.717, 1.165) is 25.9 Å². The zero-order chi connectivity index (χ0) is 13.2. The topological polar surface area (TPSA) is 61.4 Å². The summed E-state index contributed by atoms with van der Waals surface area (Å²) in [5.41, 5.74) is 0. The van der Waals surface area contributed by atoms with E-state index < -0.39 is 0 Å². The molecule has 0 radical (unpaired) electrons. The number of piperidine rings is 1. The quantitative estimate of drug-likeness (QED) is 0.766. The molecule has 5 nitrogen and oxygen atoms in total. The molecule has 106 valence electrons. The fourth-order valence-corrected chi connectivity index (χ4v) is 3.13. The van der Waals surface area contributed by atoms with Crippen molar-refractivity contribution in [3.8, 4) is 0 Å². The van der Waals surface area contributed by atoms with Gasteiger partial charge in [0.1, 0.15) is 0 Å². The maximum atomic E-state index is 12.6. The van der Waals surface area contributed by atoms with E-state index in [2.05, 4.69) is 15.5 Å². The Labute approximate surface area is 114 Å². The van der Waals surface area contributed by atoms with E-state index in [0.29, 0.717) is 31.5 Å². The summed E-state index contributed by atoms with van der Waals surface area (Å²) in [6.45, 7) is 2.46. The van der Waals surface area contributed by atoms with E-state index in [1.807, 2.05) is 0 Å². The van der Waals surface area contributed by atoms with Crippen molar-refractivity contribution in [3.63, 3.8) is 0 Å². The van der Waals surface area contributed by atoms with Crippen LogP contribution in [0.3, 0.4) is 0 Å². The molecule has 2 atom stereocenters. The van der Waals surface area contributed by atoms with Crippen molar-refractivity contribution in [1.82, 2.24) is 15.5 Å². The molecule has 1 saturated carbocycles. The van der Waals surface area contributed by atoms with Gasteiger partial charge < -0.3 is 15.5 Å². The molecule has 2 aliphatic heterocycles. The second-order valence-corrected chi connectivity index (χ2v) is 6.05. The standard InChI is InChI=1S/C14H23N3O2/c18-13-6-3-10(8-16-13)14(19)17(12-4-5-12)9-11-2-1-7-15-11/h10-12,15H,1-9H2,(H,16,18). The second-order valence-electron chi connectivity index (χ2n) is 6.05. The van der Waals surface area contributed by atoms with Gasteiger partial charge in [0.2, 0.25) is 11.8 Å². The Morgan fingerprint density at radius 3 is 2.68 bits per heavy atom. The van der Waals surface area contributed by atoms with Crippen LogP contribution in [0.2, 0.25) is 0 Å². The summed E-state index contributed by atoms with van der Waals surface area (Å²) in [6.07, 6.45) is 5.91. The number of carbonyl (C=O) groups excluding carboxylic acids is 2. The van der Waals surface area contributed by atoms with Gasteiger partial charge in [-0.2, -0.15) is 0 Å². The Morgan fingerprint density at radius 2 is 2.11 bits per heavy atom. The van der Waals surface area contributed by atoms with E-state index >= 15 is 0 Å². The van der Waals surface area contributed by atoms with Crippen LogP contribution in [0.1, 0.15) is 38.5 Å². The van der Waals surface area contributed by atoms with Crippen LogP contribution >= 0.6 is 0 Å². The lowest BCUT2D eigenvalue weighted by atomic mass is 9.97. The lowest BCUT2D eigenvalue weighted by Crippen LogP contribution is -2.49. The molecule has 3 rings (SSSR count). The van der Waals surface area contributed by atoms with Crippen molar-refractivity contribution in [2.24, 2.45) is 5.92 Å². The normalized spacial score (nSPS) is 31.1. The first-order valence-electron chi connectivity index (χ1n) is 7.54. The van der Waals surface area contributed by atoms with Crippen molar-refractivity contribution in [2.75, 3.05) is 19.6 Å². The Kier molecular flexibility index (Phi) is 3.73. The molecule has 3 aliphatic rings. The molecular formula is C14H23N3O2. The highest BCUT2D eigenvalue weighted by molar-refractivity contribution is 5.84. The first-order valence-corrected chi connectivity index (χ1v) is 7.54. The van der Waals surface area contributed by atoms with Gasteiger partial charge in [-0.05, 0) is 38.6 Å². The largest absolute Gasteiger partial charge is 0.355 e. The van der Waals surface area contributed by atoms with Crippen molar-refractivity contribution in [1.29, 1.82) is 0 Å². The van der Waals surface area contributed by atoms with Crippen LogP contribution in [0, 0.1) is 5.92 Å². The molecule has 2 N–H and O–H groups in total. The average Bonchev–Trinajstić information content (AvgIpc) is 3.13. The summed E-state index contributed by atoms with van der Waals surface area (Å²) in [6, 6.07) is 0.940. The smallest absolute Gasteiger partial charge is 0.227 e. The Morgan fingerprint density at radius 1 is 1.26 bits per heavy atom. The van der Waals surface area contributed by atoms with E-state index in [1.165, 1.54) is 12.8 Å². The van der Waals surface area contributed by atoms with Gasteiger partial charge >= 0.3 is 0 Å². The van der Waals surface area contributed by atoms with Crippen molar-refractivity contribution in [3.05, 3.63) is 0 Å². The first kappa shape index (κ1) is 12.9. The zero-order valence-corrected chi connectivity index (χ0v) is 11.4. The molecule has 2 saturated heterocycles. The van der Waals surface area contributed by atoms with Gasteiger partial charge in [-0.25, -0.2) is 0 Å². The molecule has 1 aliphatic carbocycles. The van der Waals surface area contributed by atoms with E-state index in [1.54, 1.807) is 0 Å². The van der Waals surface area contributed by atoms with Gasteiger partial charge in [-0.1, -0.05) is 0 Å². The summed E-state index contributed by atoms with van der Waals surface area (Å²) in [4.78, 5) is 25.9. The van der Waals surface area contributed by atoms with Gasteiger partial charge in [0, 0.05) is 31.6 Å². The van der Waals surface area contributed by atoms with Crippen LogP contribution in [-0.2, 0) is 9.59 Å². The number of rotatable bonds is 4. The fourth-order valence-electron chi connectivity index (χ4n) is 3.13. The van der Waals surface area contributed by atoms with Crippen LogP contribution in [-0.4, -0.2) is 48.4 Å². The van der Waals surface area contributed by atoms with Crippen LogP contribution in [0.25, 0.3) is 0 Å². The molecule has 0 aromatic carbocycles. The first-order chi connectivity index (χ1) is 9.24. The van der Waals surface area contributed by atoms with Gasteiger partial charge in [-0.15, -0.1) is 0 Å². The maximum absolute atomic E-state index is 12.6. The highest BCUT2D eigenvalue weighted by Crippen LogP contribution is 2.30. The predicted octanol–water partition coefficient (Wildman–Crippen LogP) is 0.256. The predicted molar refractivity (Wildman–Crippen MR) is 71.5 cm³/mol. The third-order valence-corrected chi connectivity index (χ3v) is 4.46. The lowest BCUT2D eigenvalue weighted by Gasteiger charge is -2.31. The minimum atomic E-state index is -0.000275. The monoisotopic (exact) mass is 265 g/mol. The number of hydrogen-bond donors (Lipinski definition) is 2. The Hall–Kier alpha value is -1.10. The van der Waals surface area contributed by atoms with Crippen molar-refractivity contribution < 1.29 is 9.59 Å². The third kappa shape index (κ3) is 3.08. The molecule has 0 aromatic rings. The minimum Gasteiger partial charge on any atom is -0.355 e. The van der Waals surface area contributed by atoms with Crippen molar-refractivity contribution in [2.45, 2.75) is 50.6 Å². The van der Waals surface area contributed by atoms with Crippen molar-refractivity contribution >= 4 is 11.8 Å². The van der Waals surface area contributed by atoms with Crippen LogP contribution < -0.4 is 10.6 Å². The van der Waals surface area contributed by atoms with E-state index in [4.69, 9.17) is 0 Å². The zero-order valence-electron chi connectivity index (χ0n) is 11.4. The van der Waals surface area contributed by atoms with Crippen LogP contribution in [0.15, 0.2) is 0 Å². The maximum Gasteiger partial charge on any atom is 0.227 e. The fraction of sp³-hybridized carbons (Fsp3) is 0.857. The molecule has 0 spiro atoms. The highest BCUT2D eigenvalue weighted by atomic mass is 16.2. The number of nitrogens with one attached hydrogen (secondary N) is 2. The molecular weight excluding hydrogens is 242 g/mol. The summed E-state index contributed by atoms with van der Waals surface area (Å²) in [5.74, 6) is 0.343. The third-order valence-electron chi connectivity index (χ3n) is 4.46. The highest BCUT2D eigenvalue weighted by Gasteiger charge is 2.38. The summed E-state index contributed by atoms with van der Waals surface area (Å²) < 4.78 is 0. The Bertz CT molecular complexity index is 352. The van der Waals surface area contributed by atoms with Gasteiger partial charge in [0.05, 0.1) is 5.92 Å². The van der Waals surface area contributed by atoms with Crippen LogP contribution in [0.5, 0.6) is 0 Å². The minimum absolute atomic E-state index is 0.000275. The molecule has 5 heteroatoms. The summed E-state index contributed by atoms with van der Waals surface area (Å²) >= 11 is 0. The summed E-state index contributed by atoms with van der Waals surface area (Å²) in [7, 11) is 0. The molecule has 2 unspecified atom stereocenters. The second kappa shape index (κ2) is 5.49.